The Labute approximate surface area is 328 Å². The predicted octanol–water partition coefficient (Wildman–Crippen LogP) is 6.98. The van der Waals surface area contributed by atoms with E-state index in [1.807, 2.05) is 48.5 Å². The lowest BCUT2D eigenvalue weighted by Gasteiger charge is -2.15. The van der Waals surface area contributed by atoms with Crippen molar-refractivity contribution in [3.63, 3.8) is 0 Å². The molecular weight excluding hydrogens is 761 g/mol. The van der Waals surface area contributed by atoms with E-state index in [9.17, 15) is 39.6 Å². The minimum atomic E-state index is -2.02. The molecule has 0 aliphatic carbocycles. The van der Waals surface area contributed by atoms with Crippen LogP contribution in [0.3, 0.4) is 0 Å². The first-order valence-corrected chi connectivity index (χ1v) is 17.6. The standard InChI is InChI=1S/C42H22N8O9/c51-39(52)26-17-27(29(41(55)56)30(42(57)58)28(26)40(53)54)59-50-37-24-15-7-8-16-25(24)38(50)49-36-23-14-6-4-12-21(23)34(47-36)45-32-19-10-2-1-9-18(19)31(43-32)44-33-20-11-3-5-13-22(20)35(46-33)48-37/h1-17H,(H,51,52)(H,53,54)(H,55,56)(H,57,58)(H,43,44,45,46,47,48,49). The number of fused-ring (bicyclic) bond motifs is 20. The zero-order chi connectivity index (χ0) is 40.7. The Kier molecular flexibility index (Phi) is 7.54. The van der Waals surface area contributed by atoms with E-state index in [2.05, 4.69) is 4.98 Å². The molecule has 5 heterocycles. The fourth-order valence-corrected chi connectivity index (χ4v) is 7.40. The molecule has 0 spiro atoms. The van der Waals surface area contributed by atoms with Gasteiger partial charge in [-0.1, -0.05) is 97.1 Å². The predicted molar refractivity (Wildman–Crippen MR) is 210 cm³/mol. The fourth-order valence-electron chi connectivity index (χ4n) is 7.40. The molecule has 0 saturated heterocycles. The van der Waals surface area contributed by atoms with Crippen molar-refractivity contribution in [2.75, 3.05) is 0 Å². The van der Waals surface area contributed by atoms with Crippen LogP contribution in [0.1, 0.15) is 41.4 Å². The first-order valence-electron chi connectivity index (χ1n) is 17.6. The normalized spacial score (nSPS) is 11.6. The van der Waals surface area contributed by atoms with Crippen LogP contribution in [0.25, 0.3) is 89.7 Å². The second kappa shape index (κ2) is 12.8. The molecule has 5 N–H and O–H groups in total. The van der Waals surface area contributed by atoms with Crippen molar-refractivity contribution in [1.82, 2.24) is 39.6 Å². The van der Waals surface area contributed by atoms with Crippen LogP contribution >= 0.6 is 0 Å². The second-order valence-electron chi connectivity index (χ2n) is 13.3. The summed E-state index contributed by atoms with van der Waals surface area (Å²) in [5.41, 5.74) is -1.46. The van der Waals surface area contributed by atoms with Crippen molar-refractivity contribution >= 4 is 68.0 Å². The number of carbonyl (C=O) groups is 4. The van der Waals surface area contributed by atoms with Crippen LogP contribution in [-0.2, 0) is 0 Å². The summed E-state index contributed by atoms with van der Waals surface area (Å²) in [7, 11) is 0. The van der Waals surface area contributed by atoms with Gasteiger partial charge in [-0.25, -0.2) is 49.1 Å². The van der Waals surface area contributed by atoms with Crippen molar-refractivity contribution in [3.8, 4) is 51.3 Å². The summed E-state index contributed by atoms with van der Waals surface area (Å²) in [6.07, 6.45) is 0. The zero-order valence-electron chi connectivity index (χ0n) is 29.8. The number of carboxylic acids is 4. The number of hydrogen-bond acceptors (Lipinski definition) is 11. The Hall–Kier alpha value is -8.86. The van der Waals surface area contributed by atoms with E-state index in [1.54, 1.807) is 48.5 Å². The Morgan fingerprint density at radius 1 is 0.458 bits per heavy atom. The van der Waals surface area contributed by atoms with Gasteiger partial charge in [-0.3, -0.25) is 0 Å². The summed E-state index contributed by atoms with van der Waals surface area (Å²) < 4.78 is 1.02. The number of aromatic nitrogens is 8. The minimum Gasteiger partial charge on any atom is -0.478 e. The maximum absolute atomic E-state index is 12.9. The number of carboxylic acid groups (broad SMARTS) is 4. The molecule has 0 saturated carbocycles. The van der Waals surface area contributed by atoms with Gasteiger partial charge in [0.2, 0.25) is 0 Å². The third-order valence-corrected chi connectivity index (χ3v) is 9.92. The van der Waals surface area contributed by atoms with E-state index >= 15 is 0 Å². The molecule has 17 heteroatoms. The summed E-state index contributed by atoms with van der Waals surface area (Å²) in [6, 6.07) is 29.5. The lowest BCUT2D eigenvalue weighted by molar-refractivity contribution is 0.0615. The van der Waals surface area contributed by atoms with Crippen molar-refractivity contribution in [2.24, 2.45) is 0 Å². The van der Waals surface area contributed by atoms with Crippen LogP contribution in [0.4, 0.5) is 0 Å². The van der Waals surface area contributed by atoms with Gasteiger partial charge in [-0.05, 0) is 6.07 Å². The van der Waals surface area contributed by atoms with Gasteiger partial charge in [0.15, 0.2) is 40.3 Å². The second-order valence-corrected chi connectivity index (χ2v) is 13.3. The Balaban J connectivity index is 1.41. The molecule has 0 atom stereocenters. The molecule has 0 fully saturated rings. The maximum atomic E-state index is 12.9. The molecule has 59 heavy (non-hydrogen) atoms. The van der Waals surface area contributed by atoms with Crippen LogP contribution in [0.2, 0.25) is 0 Å². The Bertz CT molecular complexity index is 3250. The highest BCUT2D eigenvalue weighted by Crippen LogP contribution is 2.38. The van der Waals surface area contributed by atoms with Crippen LogP contribution in [0, 0.1) is 0 Å². The molecule has 5 aromatic carbocycles. The molecule has 0 radical (unpaired) electrons. The van der Waals surface area contributed by atoms with E-state index < -0.39 is 51.9 Å². The lowest BCUT2D eigenvalue weighted by Crippen LogP contribution is -2.21. The molecule has 284 valence electrons. The highest BCUT2D eigenvalue weighted by molar-refractivity contribution is 6.15. The molecule has 0 amide bonds. The minimum absolute atomic E-state index is 0.0259. The van der Waals surface area contributed by atoms with Gasteiger partial charge in [0.1, 0.15) is 16.9 Å². The van der Waals surface area contributed by atoms with Gasteiger partial charge in [0.05, 0.1) is 16.7 Å². The van der Waals surface area contributed by atoms with E-state index in [0.29, 0.717) is 62.0 Å². The number of nitrogens with one attached hydrogen (secondary N) is 1. The summed E-state index contributed by atoms with van der Waals surface area (Å²) in [5, 5.41) is 42.9. The van der Waals surface area contributed by atoms with Gasteiger partial charge in [-0.2, -0.15) is 0 Å². The highest BCUT2D eigenvalue weighted by Gasteiger charge is 2.35. The van der Waals surface area contributed by atoms with Gasteiger partial charge in [0.25, 0.3) is 0 Å². The summed E-state index contributed by atoms with van der Waals surface area (Å²) in [4.78, 5) is 89.4. The highest BCUT2D eigenvalue weighted by atomic mass is 16.7. The van der Waals surface area contributed by atoms with Gasteiger partial charge < -0.3 is 30.2 Å². The molecule has 2 aliphatic rings. The van der Waals surface area contributed by atoms with E-state index in [-0.39, 0.29) is 22.9 Å². The zero-order valence-corrected chi connectivity index (χ0v) is 29.8. The first-order chi connectivity index (χ1) is 28.6. The monoisotopic (exact) mass is 782 g/mol. The largest absolute Gasteiger partial charge is 0.478 e. The quantitative estimate of drug-likeness (QED) is 0.114. The van der Waals surface area contributed by atoms with E-state index in [4.69, 9.17) is 34.7 Å². The fraction of sp³-hybridized carbons (Fsp3) is 0. The smallest absolute Gasteiger partial charge is 0.340 e. The molecule has 8 aromatic rings. The number of rotatable bonds is 6. The molecule has 17 nitrogen and oxygen atoms in total. The lowest BCUT2D eigenvalue weighted by atomic mass is 9.94. The third kappa shape index (κ3) is 5.33. The molecular formula is C42H22N8O9. The summed E-state index contributed by atoms with van der Waals surface area (Å²) in [6.45, 7) is 0. The van der Waals surface area contributed by atoms with Crippen LogP contribution in [0.15, 0.2) is 103 Å². The third-order valence-electron chi connectivity index (χ3n) is 9.92. The number of aromatic carboxylic acids is 4. The van der Waals surface area contributed by atoms with Crippen molar-refractivity contribution in [2.45, 2.75) is 0 Å². The van der Waals surface area contributed by atoms with E-state index in [0.717, 1.165) is 15.5 Å². The molecule has 2 aliphatic heterocycles. The number of hydrogen-bond donors (Lipinski definition) is 5. The number of benzene rings is 5. The molecule has 0 unspecified atom stereocenters. The Morgan fingerprint density at radius 2 is 0.847 bits per heavy atom. The maximum Gasteiger partial charge on any atom is 0.340 e. The number of aromatic amines is 1. The van der Waals surface area contributed by atoms with Crippen LogP contribution in [0.5, 0.6) is 5.75 Å². The summed E-state index contributed by atoms with van der Waals surface area (Å²) >= 11 is 0. The number of nitrogens with zero attached hydrogens (tertiary/aromatic N) is 7. The van der Waals surface area contributed by atoms with Crippen molar-refractivity contribution in [1.29, 1.82) is 0 Å². The summed E-state index contributed by atoms with van der Waals surface area (Å²) in [5.74, 6) is -7.69. The SMILES string of the molecule is O=C(O)c1cc(On2c3nc4nc(nc5[nH]c(nc6nc(nc2c2ccccc23)-c2ccccc2-6)c2ccccc52)-c2ccccc2-4)c(C(=O)O)c(C(=O)O)c1C(=O)O. The topological polar surface area (TPSA) is 256 Å². The van der Waals surface area contributed by atoms with Crippen molar-refractivity contribution < 1.29 is 44.4 Å². The van der Waals surface area contributed by atoms with Gasteiger partial charge >= 0.3 is 23.9 Å². The van der Waals surface area contributed by atoms with E-state index in [1.165, 1.54) is 0 Å². The average molecular weight is 783 g/mol. The van der Waals surface area contributed by atoms with Crippen LogP contribution in [-0.4, -0.2) is 83.9 Å². The first kappa shape index (κ1) is 34.6. The molecule has 10 rings (SSSR count). The average Bonchev–Trinajstić information content (AvgIpc) is 3.95. The van der Waals surface area contributed by atoms with Crippen molar-refractivity contribution in [3.05, 3.63) is 125 Å². The van der Waals surface area contributed by atoms with Crippen LogP contribution < -0.4 is 4.84 Å². The van der Waals surface area contributed by atoms with Gasteiger partial charge in [-0.15, -0.1) is 4.73 Å². The number of H-pyrrole nitrogens is 1. The molecule has 8 bridgehead atoms. The van der Waals surface area contributed by atoms with Gasteiger partial charge in [0, 0.05) is 43.8 Å². The molecule has 3 aromatic heterocycles. The Morgan fingerprint density at radius 3 is 1.25 bits per heavy atom.